The number of piperazine rings is 1. The second-order valence-corrected chi connectivity index (χ2v) is 15.7. The van der Waals surface area contributed by atoms with Gasteiger partial charge in [-0.05, 0) is 75.0 Å². The van der Waals surface area contributed by atoms with Crippen LogP contribution >= 0.6 is 11.8 Å². The molecule has 1 saturated heterocycles. The summed E-state index contributed by atoms with van der Waals surface area (Å²) in [5, 5.41) is 13.7. The number of methoxy groups -OCH3 is 4. The van der Waals surface area contributed by atoms with E-state index in [4.69, 9.17) is 33.2 Å². The van der Waals surface area contributed by atoms with Crippen LogP contribution in [0.15, 0.2) is 18.2 Å². The molecule has 0 radical (unpaired) electrons. The van der Waals surface area contributed by atoms with Gasteiger partial charge in [-0.2, -0.15) is 11.8 Å². The molecule has 4 aliphatic rings. The molecule has 5 atom stereocenters. The van der Waals surface area contributed by atoms with Crippen LogP contribution in [0.1, 0.15) is 63.5 Å². The van der Waals surface area contributed by atoms with Gasteiger partial charge in [-0.1, -0.05) is 13.0 Å². The Bertz CT molecular complexity index is 1900. The number of carbonyl (C=O) groups is 1. The van der Waals surface area contributed by atoms with Crippen molar-refractivity contribution in [3.63, 3.8) is 0 Å². The lowest BCUT2D eigenvalue weighted by Crippen LogP contribution is -2.64. The number of alkyl carbamates (subject to hydrolysis) is 1. The van der Waals surface area contributed by atoms with Crippen LogP contribution in [0.5, 0.6) is 40.2 Å². The van der Waals surface area contributed by atoms with E-state index >= 15 is 0 Å². The fourth-order valence-corrected chi connectivity index (χ4v) is 10.4. The van der Waals surface area contributed by atoms with Crippen molar-refractivity contribution in [2.45, 2.75) is 75.7 Å². The number of phenols is 1. The second kappa shape index (κ2) is 14.9. The van der Waals surface area contributed by atoms with Crippen LogP contribution in [-0.2, 0) is 23.3 Å². The second-order valence-electron chi connectivity index (χ2n) is 14.4. The Morgan fingerprint density at radius 2 is 1.60 bits per heavy atom. The van der Waals surface area contributed by atoms with Crippen molar-refractivity contribution in [3.05, 3.63) is 62.7 Å². The first-order chi connectivity index (χ1) is 25.5. The summed E-state index contributed by atoms with van der Waals surface area (Å²) in [6.45, 7) is 9.58. The van der Waals surface area contributed by atoms with E-state index in [9.17, 15) is 9.90 Å². The van der Waals surface area contributed by atoms with E-state index in [1.165, 1.54) is 5.56 Å². The third-order valence-electron chi connectivity index (χ3n) is 11.6. The number of nitrogens with one attached hydrogen (secondary N) is 1. The molecule has 0 aromatic heterocycles. The molecule has 0 aliphatic carbocycles. The lowest BCUT2D eigenvalue weighted by molar-refractivity contribution is -0.0530. The summed E-state index contributed by atoms with van der Waals surface area (Å²) in [6.07, 6.45) is 0.810. The molecule has 0 saturated carbocycles. The summed E-state index contributed by atoms with van der Waals surface area (Å²) in [7, 11) is 8.85. The summed E-state index contributed by atoms with van der Waals surface area (Å²) in [6, 6.07) is 5.42. The number of hydrogen-bond acceptors (Lipinski definition) is 12. The number of amides is 1. The van der Waals surface area contributed by atoms with Crippen LogP contribution in [0.2, 0.25) is 0 Å². The maximum atomic E-state index is 13.5. The number of cyclic esters (lactones) is 1. The Morgan fingerprint density at radius 1 is 0.868 bits per heavy atom. The van der Waals surface area contributed by atoms with Crippen molar-refractivity contribution in [3.8, 4) is 40.2 Å². The van der Waals surface area contributed by atoms with Gasteiger partial charge in [-0.15, -0.1) is 0 Å². The molecule has 1 fully saturated rings. The van der Waals surface area contributed by atoms with Gasteiger partial charge in [0.1, 0.15) is 12.4 Å². The number of ether oxygens (including phenoxy) is 7. The van der Waals surface area contributed by atoms with Crippen LogP contribution in [0.4, 0.5) is 4.79 Å². The predicted octanol–water partition coefficient (Wildman–Crippen LogP) is 6.01. The molecule has 4 heterocycles. The minimum absolute atomic E-state index is 0.0381. The number of aryl methyl sites for hydroxylation is 1. The number of rotatable bonds is 5. The van der Waals surface area contributed by atoms with Gasteiger partial charge in [-0.25, -0.2) is 4.79 Å². The molecular formula is C40H51N3O9S. The summed E-state index contributed by atoms with van der Waals surface area (Å²) >= 11 is 1.86. The zero-order chi connectivity index (χ0) is 37.7. The summed E-state index contributed by atoms with van der Waals surface area (Å²) in [5.74, 6) is 4.67. The topological polar surface area (TPSA) is 120 Å². The highest BCUT2D eigenvalue weighted by atomic mass is 32.2. The molecular weight excluding hydrogens is 699 g/mol. The van der Waals surface area contributed by atoms with Gasteiger partial charge in [0.15, 0.2) is 34.5 Å². The van der Waals surface area contributed by atoms with Crippen LogP contribution < -0.4 is 33.7 Å². The molecule has 286 valence electrons. The molecule has 5 unspecified atom stereocenters. The Hall–Kier alpha value is -4.20. The fraction of sp³-hybridized carbons (Fsp3) is 0.525. The van der Waals surface area contributed by atoms with Crippen molar-refractivity contribution in [1.82, 2.24) is 15.1 Å². The number of nitrogens with zero attached hydrogens (tertiary/aromatic N) is 2. The fourth-order valence-electron chi connectivity index (χ4n) is 9.14. The van der Waals surface area contributed by atoms with Crippen molar-refractivity contribution >= 4 is 17.9 Å². The third kappa shape index (κ3) is 6.34. The highest BCUT2D eigenvalue weighted by Crippen LogP contribution is 2.55. The van der Waals surface area contributed by atoms with E-state index < -0.39 is 12.1 Å². The van der Waals surface area contributed by atoms with E-state index in [0.717, 1.165) is 62.6 Å². The van der Waals surface area contributed by atoms with Crippen molar-refractivity contribution in [1.29, 1.82) is 0 Å². The summed E-state index contributed by atoms with van der Waals surface area (Å²) < 4.78 is 42.2. The molecule has 12 nitrogen and oxygen atoms in total. The van der Waals surface area contributed by atoms with E-state index in [2.05, 4.69) is 42.1 Å². The third-order valence-corrected chi connectivity index (χ3v) is 12.9. The van der Waals surface area contributed by atoms with Gasteiger partial charge in [0.2, 0.25) is 6.79 Å². The molecule has 53 heavy (non-hydrogen) atoms. The summed E-state index contributed by atoms with van der Waals surface area (Å²) in [4.78, 5) is 18.5. The van der Waals surface area contributed by atoms with Crippen molar-refractivity contribution in [2.24, 2.45) is 0 Å². The van der Waals surface area contributed by atoms with E-state index in [-0.39, 0.29) is 42.5 Å². The highest BCUT2D eigenvalue weighted by molar-refractivity contribution is 7.99. The van der Waals surface area contributed by atoms with E-state index in [0.29, 0.717) is 42.5 Å². The normalized spacial score (nSPS) is 24.5. The molecule has 7 rings (SSSR count). The van der Waals surface area contributed by atoms with Crippen LogP contribution in [0, 0.1) is 20.8 Å². The van der Waals surface area contributed by atoms with Crippen molar-refractivity contribution in [2.75, 3.05) is 62.0 Å². The molecule has 13 heteroatoms. The maximum absolute atomic E-state index is 13.5. The Balaban J connectivity index is 1.44. The molecule has 1 amide bonds. The van der Waals surface area contributed by atoms with E-state index in [1.807, 2.05) is 31.7 Å². The quantitative estimate of drug-likeness (QED) is 0.318. The average molecular weight is 750 g/mol. The number of hydrogen-bond donors (Lipinski definition) is 2. The lowest BCUT2D eigenvalue weighted by Gasteiger charge is -2.57. The number of thioether (sulfide) groups is 1. The number of benzene rings is 3. The van der Waals surface area contributed by atoms with Gasteiger partial charge < -0.3 is 43.6 Å². The standard InChI is InChI=1S/C40H51N3O9S/c1-20-12-25-13-27-16-43-28(31-21(2)36(48-8)22(3)37-39(31)52-19-51-37)17-50-40(45)41-11-10-24-14-29(44)30(46-6)15-26(24)18-53-23(4)33(43)34(42(27)5)32(25)38(49-9)35(20)47-7/h12,14-15,23,27-28,33-34,44H,10-11,13,16-19H2,1-9H3,(H,41,45). The van der Waals surface area contributed by atoms with Crippen molar-refractivity contribution < 1.29 is 43.1 Å². The highest BCUT2D eigenvalue weighted by Gasteiger charge is 2.52. The number of likely N-dealkylation sites (N-methyl/N-ethyl adjacent to an activating group) is 1. The van der Waals surface area contributed by atoms with Gasteiger partial charge >= 0.3 is 6.09 Å². The Morgan fingerprint density at radius 3 is 2.32 bits per heavy atom. The Labute approximate surface area is 315 Å². The minimum atomic E-state index is -0.516. The monoisotopic (exact) mass is 749 g/mol. The van der Waals surface area contributed by atoms with Gasteiger partial charge in [0, 0.05) is 58.4 Å². The first-order valence-corrected chi connectivity index (χ1v) is 19.2. The first kappa shape index (κ1) is 37.1. The number of fused-ring (bicyclic) bond motifs is 8. The van der Waals surface area contributed by atoms with Gasteiger partial charge in [0.25, 0.3) is 0 Å². The SMILES string of the molecule is COc1cc2c(cc1O)CCNC(=O)OCC(c1c(C)c(OC)c(C)c3c1OCO3)N1CC3Cc4cc(C)c(OC)c(OC)c4C(C1C(C)SC2)N3C. The molecule has 3 aromatic carbocycles. The molecule has 0 spiro atoms. The molecule has 4 aliphatic heterocycles. The van der Waals surface area contributed by atoms with Gasteiger partial charge in [-0.3, -0.25) is 9.80 Å². The molecule has 2 N–H and O–H groups in total. The zero-order valence-electron chi connectivity index (χ0n) is 32.1. The Kier molecular flexibility index (Phi) is 10.4. The summed E-state index contributed by atoms with van der Waals surface area (Å²) in [5.41, 5.74) is 8.08. The first-order valence-electron chi connectivity index (χ1n) is 18.1. The van der Waals surface area contributed by atoms with Crippen LogP contribution in [0.25, 0.3) is 0 Å². The lowest BCUT2D eigenvalue weighted by atomic mass is 9.77. The maximum Gasteiger partial charge on any atom is 0.407 e. The smallest absolute Gasteiger partial charge is 0.407 e. The number of carbonyl (C=O) groups excluding carboxylic acids is 1. The molecule has 3 aromatic rings. The number of aromatic hydroxyl groups is 1. The predicted molar refractivity (Wildman–Crippen MR) is 203 cm³/mol. The largest absolute Gasteiger partial charge is 0.504 e. The van der Waals surface area contributed by atoms with Gasteiger partial charge in [0.05, 0.1) is 40.5 Å². The van der Waals surface area contributed by atoms with E-state index in [1.54, 1.807) is 34.5 Å². The zero-order valence-corrected chi connectivity index (χ0v) is 32.9. The molecule has 2 bridgehead atoms. The van der Waals surface area contributed by atoms with Crippen LogP contribution in [0.3, 0.4) is 0 Å². The number of phenolic OH excluding ortho intramolecular Hbond substituents is 1. The van der Waals surface area contributed by atoms with Crippen LogP contribution in [-0.4, -0.2) is 100 Å². The average Bonchev–Trinajstić information content (AvgIpc) is 3.62. The minimum Gasteiger partial charge on any atom is -0.504 e.